The maximum absolute atomic E-state index is 9.17. The quantitative estimate of drug-likeness (QED) is 0.765. The first-order valence-corrected chi connectivity index (χ1v) is 5.05. The number of rotatable bonds is 2. The van der Waals surface area contributed by atoms with Crippen molar-refractivity contribution in [3.63, 3.8) is 0 Å². The van der Waals surface area contributed by atoms with Crippen LogP contribution < -0.4 is 5.32 Å². The number of hydrogen-bond donors (Lipinski definition) is 1. The van der Waals surface area contributed by atoms with Crippen LogP contribution in [0.2, 0.25) is 0 Å². The van der Waals surface area contributed by atoms with Crippen molar-refractivity contribution in [2.24, 2.45) is 0 Å². The molecule has 2 heteroatoms. The molecule has 1 heterocycles. The van der Waals surface area contributed by atoms with Gasteiger partial charge in [0.2, 0.25) is 0 Å². The lowest BCUT2D eigenvalue weighted by molar-refractivity contribution is 0.480. The van der Waals surface area contributed by atoms with Gasteiger partial charge in [-0.3, -0.25) is 5.32 Å². The van der Waals surface area contributed by atoms with E-state index in [1.807, 2.05) is 18.2 Å². The zero-order valence-electron chi connectivity index (χ0n) is 8.16. The molecule has 14 heavy (non-hydrogen) atoms. The number of benzene rings is 1. The van der Waals surface area contributed by atoms with Crippen LogP contribution in [-0.2, 0) is 6.42 Å². The Bertz CT molecular complexity index is 331. The van der Waals surface area contributed by atoms with Crippen molar-refractivity contribution >= 4 is 0 Å². The minimum Gasteiger partial charge on any atom is -0.299 e. The summed E-state index contributed by atoms with van der Waals surface area (Å²) in [5.74, 6) is 0. The van der Waals surface area contributed by atoms with E-state index in [0.29, 0.717) is 0 Å². The Morgan fingerprint density at radius 1 is 1.36 bits per heavy atom. The summed E-state index contributed by atoms with van der Waals surface area (Å²) in [6, 6.07) is 12.6. The molecule has 1 aliphatic heterocycles. The van der Waals surface area contributed by atoms with E-state index >= 15 is 0 Å². The fourth-order valence-corrected chi connectivity index (χ4v) is 2.04. The van der Waals surface area contributed by atoms with Crippen LogP contribution >= 0.6 is 0 Å². The molecule has 1 aliphatic rings. The average Bonchev–Trinajstić information content (AvgIpc) is 2.69. The van der Waals surface area contributed by atoms with Crippen LogP contribution in [0.3, 0.4) is 0 Å². The fraction of sp³-hybridized carbons (Fsp3) is 0.417. The van der Waals surface area contributed by atoms with Crippen molar-refractivity contribution in [1.82, 2.24) is 5.32 Å². The second kappa shape index (κ2) is 3.81. The van der Waals surface area contributed by atoms with Gasteiger partial charge in [-0.2, -0.15) is 5.26 Å². The normalized spacial score (nSPS) is 25.9. The summed E-state index contributed by atoms with van der Waals surface area (Å²) in [4.78, 5) is 0. The Labute approximate surface area is 84.6 Å². The van der Waals surface area contributed by atoms with E-state index in [0.717, 1.165) is 25.8 Å². The van der Waals surface area contributed by atoms with E-state index < -0.39 is 0 Å². The monoisotopic (exact) mass is 186 g/mol. The van der Waals surface area contributed by atoms with E-state index in [9.17, 15) is 0 Å². The summed E-state index contributed by atoms with van der Waals surface area (Å²) >= 11 is 0. The fourth-order valence-electron chi connectivity index (χ4n) is 2.04. The van der Waals surface area contributed by atoms with Gasteiger partial charge in [0.1, 0.15) is 5.54 Å². The Morgan fingerprint density at radius 3 is 2.71 bits per heavy atom. The molecule has 2 nitrogen and oxygen atoms in total. The standard InChI is InChI=1S/C12H14N2/c13-10-12(7-4-8-14-12)9-11-5-2-1-3-6-11/h1-3,5-6,14H,4,7-9H2. The van der Waals surface area contributed by atoms with Gasteiger partial charge in [0.15, 0.2) is 0 Å². The molecule has 1 aromatic carbocycles. The zero-order chi connectivity index (χ0) is 9.86. The van der Waals surface area contributed by atoms with Gasteiger partial charge in [0.25, 0.3) is 0 Å². The molecule has 0 amide bonds. The highest BCUT2D eigenvalue weighted by Gasteiger charge is 2.33. The Hall–Kier alpha value is -1.33. The Kier molecular flexibility index (Phi) is 2.51. The van der Waals surface area contributed by atoms with Crippen molar-refractivity contribution in [3.8, 4) is 6.07 Å². The van der Waals surface area contributed by atoms with Crippen molar-refractivity contribution < 1.29 is 0 Å². The van der Waals surface area contributed by atoms with Crippen molar-refractivity contribution in [2.45, 2.75) is 24.8 Å². The number of hydrogen-bond acceptors (Lipinski definition) is 2. The molecule has 1 fully saturated rings. The van der Waals surface area contributed by atoms with Crippen LogP contribution in [0.1, 0.15) is 18.4 Å². The lowest BCUT2D eigenvalue weighted by atomic mass is 9.91. The van der Waals surface area contributed by atoms with Crippen LogP contribution in [0.5, 0.6) is 0 Å². The molecule has 1 saturated heterocycles. The van der Waals surface area contributed by atoms with Crippen LogP contribution in [0.25, 0.3) is 0 Å². The predicted octanol–water partition coefficient (Wildman–Crippen LogP) is 1.87. The molecule has 0 saturated carbocycles. The molecular formula is C12H14N2. The van der Waals surface area contributed by atoms with E-state index in [4.69, 9.17) is 5.26 Å². The summed E-state index contributed by atoms with van der Waals surface area (Å²) < 4.78 is 0. The van der Waals surface area contributed by atoms with Crippen LogP contribution in [-0.4, -0.2) is 12.1 Å². The van der Waals surface area contributed by atoms with Gasteiger partial charge in [0, 0.05) is 6.42 Å². The summed E-state index contributed by atoms with van der Waals surface area (Å²) in [7, 11) is 0. The van der Waals surface area contributed by atoms with Crippen LogP contribution in [0.4, 0.5) is 0 Å². The SMILES string of the molecule is N#CC1(Cc2ccccc2)CCCN1. The predicted molar refractivity (Wildman–Crippen MR) is 55.7 cm³/mol. The number of nitriles is 1. The van der Waals surface area contributed by atoms with Gasteiger partial charge in [-0.25, -0.2) is 0 Å². The molecule has 0 aliphatic carbocycles. The highest BCUT2D eigenvalue weighted by Crippen LogP contribution is 2.23. The third kappa shape index (κ3) is 1.78. The first-order chi connectivity index (χ1) is 6.85. The first kappa shape index (κ1) is 9.23. The second-order valence-corrected chi connectivity index (χ2v) is 3.89. The lowest BCUT2D eigenvalue weighted by Gasteiger charge is -2.20. The zero-order valence-corrected chi connectivity index (χ0v) is 8.16. The summed E-state index contributed by atoms with van der Waals surface area (Å²) in [5, 5.41) is 12.5. The Morgan fingerprint density at radius 2 is 2.14 bits per heavy atom. The molecule has 1 aromatic rings. The molecule has 1 unspecified atom stereocenters. The molecule has 0 spiro atoms. The topological polar surface area (TPSA) is 35.8 Å². The second-order valence-electron chi connectivity index (χ2n) is 3.89. The molecule has 1 N–H and O–H groups in total. The minimum absolute atomic E-state index is 0.304. The third-order valence-corrected chi connectivity index (χ3v) is 2.81. The van der Waals surface area contributed by atoms with Crippen LogP contribution in [0, 0.1) is 11.3 Å². The molecule has 72 valence electrons. The lowest BCUT2D eigenvalue weighted by Crippen LogP contribution is -2.40. The van der Waals surface area contributed by atoms with Crippen LogP contribution in [0.15, 0.2) is 30.3 Å². The third-order valence-electron chi connectivity index (χ3n) is 2.81. The molecule has 2 rings (SSSR count). The Balaban J connectivity index is 2.13. The number of nitrogens with one attached hydrogen (secondary N) is 1. The highest BCUT2D eigenvalue weighted by molar-refractivity contribution is 5.23. The highest BCUT2D eigenvalue weighted by atomic mass is 15.0. The van der Waals surface area contributed by atoms with E-state index in [1.165, 1.54) is 5.56 Å². The van der Waals surface area contributed by atoms with Crippen molar-refractivity contribution in [2.75, 3.05) is 6.54 Å². The number of nitrogens with zero attached hydrogens (tertiary/aromatic N) is 1. The summed E-state index contributed by atoms with van der Waals surface area (Å²) in [6.45, 7) is 0.973. The van der Waals surface area contributed by atoms with Gasteiger partial charge in [0.05, 0.1) is 6.07 Å². The molecule has 1 atom stereocenters. The minimum atomic E-state index is -0.304. The molecule has 0 bridgehead atoms. The summed E-state index contributed by atoms with van der Waals surface area (Å²) in [6.07, 6.45) is 2.91. The van der Waals surface area contributed by atoms with Gasteiger partial charge in [-0.05, 0) is 24.9 Å². The first-order valence-electron chi connectivity index (χ1n) is 5.05. The molecular weight excluding hydrogens is 172 g/mol. The van der Waals surface area contributed by atoms with E-state index in [-0.39, 0.29) is 5.54 Å². The van der Waals surface area contributed by atoms with E-state index in [2.05, 4.69) is 23.5 Å². The maximum Gasteiger partial charge on any atom is 0.110 e. The van der Waals surface area contributed by atoms with E-state index in [1.54, 1.807) is 0 Å². The average molecular weight is 186 g/mol. The van der Waals surface area contributed by atoms with Crippen molar-refractivity contribution in [1.29, 1.82) is 5.26 Å². The smallest absolute Gasteiger partial charge is 0.110 e. The molecule has 0 aromatic heterocycles. The van der Waals surface area contributed by atoms with Gasteiger partial charge in [-0.15, -0.1) is 0 Å². The van der Waals surface area contributed by atoms with Gasteiger partial charge in [-0.1, -0.05) is 30.3 Å². The molecule has 0 radical (unpaired) electrons. The van der Waals surface area contributed by atoms with Gasteiger partial charge >= 0.3 is 0 Å². The maximum atomic E-state index is 9.17. The summed E-state index contributed by atoms with van der Waals surface area (Å²) in [5.41, 5.74) is 0.935. The van der Waals surface area contributed by atoms with Crippen molar-refractivity contribution in [3.05, 3.63) is 35.9 Å². The van der Waals surface area contributed by atoms with Gasteiger partial charge < -0.3 is 0 Å². The largest absolute Gasteiger partial charge is 0.299 e.